The Kier molecular flexibility index (Phi) is 7.08. The molecule has 9 nitrogen and oxygen atoms in total. The van der Waals surface area contributed by atoms with Crippen LogP contribution in [0, 0.1) is 5.41 Å². The third-order valence-electron chi connectivity index (χ3n) is 5.30. The van der Waals surface area contributed by atoms with Crippen molar-refractivity contribution in [3.63, 3.8) is 0 Å². The van der Waals surface area contributed by atoms with Crippen LogP contribution < -0.4 is 9.47 Å². The van der Waals surface area contributed by atoms with Crippen molar-refractivity contribution in [2.75, 3.05) is 12.4 Å². The number of amidine groups is 3. The second-order valence-corrected chi connectivity index (χ2v) is 10.5. The number of carbonyl (C=O) groups excluding carboxylic acids is 1. The van der Waals surface area contributed by atoms with E-state index in [4.69, 9.17) is 14.9 Å². The summed E-state index contributed by atoms with van der Waals surface area (Å²) >= 11 is 0.767. The molecule has 0 saturated heterocycles. The SMILES string of the molecule is CCOc1cc(/C=C2/C(=N)N3C(=NC2=O)SN=C3S(=O)(=O)CC)ccc1O[C@@H](C)c1ccccc1. The molecule has 35 heavy (non-hydrogen) atoms. The third-order valence-corrected chi connectivity index (χ3v) is 7.71. The molecule has 0 radical (unpaired) electrons. The van der Waals surface area contributed by atoms with E-state index in [0.717, 1.165) is 22.4 Å². The van der Waals surface area contributed by atoms with Gasteiger partial charge in [-0.25, -0.2) is 13.3 Å². The molecule has 0 aliphatic carbocycles. The average Bonchev–Trinajstić information content (AvgIpc) is 3.29. The zero-order valence-corrected chi connectivity index (χ0v) is 21.0. The molecule has 0 fully saturated rings. The molecule has 2 aromatic carbocycles. The van der Waals surface area contributed by atoms with E-state index in [2.05, 4.69) is 9.39 Å². The highest BCUT2D eigenvalue weighted by atomic mass is 32.2. The van der Waals surface area contributed by atoms with E-state index < -0.39 is 15.7 Å². The van der Waals surface area contributed by atoms with Gasteiger partial charge in [0.25, 0.3) is 5.91 Å². The Hall–Kier alpha value is -3.44. The van der Waals surface area contributed by atoms with Gasteiger partial charge in [-0.2, -0.15) is 9.39 Å². The van der Waals surface area contributed by atoms with Crippen LogP contribution in [-0.2, 0) is 14.6 Å². The maximum Gasteiger partial charge on any atom is 0.283 e. The summed E-state index contributed by atoms with van der Waals surface area (Å²) in [5.41, 5.74) is 1.53. The van der Waals surface area contributed by atoms with Crippen LogP contribution in [0.3, 0.4) is 0 Å². The summed E-state index contributed by atoms with van der Waals surface area (Å²) in [7, 11) is -3.71. The van der Waals surface area contributed by atoms with Gasteiger partial charge in [0.2, 0.25) is 20.2 Å². The minimum atomic E-state index is -3.71. The largest absolute Gasteiger partial charge is 0.490 e. The molecule has 1 N–H and O–H groups in total. The second kappa shape index (κ2) is 10.0. The topological polar surface area (TPSA) is 121 Å². The first-order chi connectivity index (χ1) is 16.7. The fraction of sp³-hybridized carbons (Fsp3) is 0.250. The number of carbonyl (C=O) groups is 1. The van der Waals surface area contributed by atoms with Crippen molar-refractivity contribution in [2.24, 2.45) is 9.39 Å². The molecule has 0 saturated carbocycles. The molecule has 2 aliphatic heterocycles. The van der Waals surface area contributed by atoms with Gasteiger partial charge in [0.1, 0.15) is 11.9 Å². The minimum absolute atomic E-state index is 0.0518. The van der Waals surface area contributed by atoms with Gasteiger partial charge < -0.3 is 9.47 Å². The van der Waals surface area contributed by atoms with Crippen molar-refractivity contribution >= 4 is 49.9 Å². The molecule has 0 unspecified atom stereocenters. The van der Waals surface area contributed by atoms with E-state index in [1.807, 2.05) is 44.2 Å². The second-order valence-electron chi connectivity index (χ2n) is 7.62. The van der Waals surface area contributed by atoms with Crippen LogP contribution in [0.25, 0.3) is 6.08 Å². The molecular weight excluding hydrogens is 488 g/mol. The highest BCUT2D eigenvalue weighted by molar-refractivity contribution is 8.16. The number of sulfone groups is 1. The summed E-state index contributed by atoms with van der Waals surface area (Å²) in [5, 5.41) is 8.31. The van der Waals surface area contributed by atoms with Crippen molar-refractivity contribution in [2.45, 2.75) is 26.9 Å². The average molecular weight is 513 g/mol. The Morgan fingerprint density at radius 2 is 1.89 bits per heavy atom. The van der Waals surface area contributed by atoms with E-state index in [0.29, 0.717) is 23.7 Å². The van der Waals surface area contributed by atoms with Gasteiger partial charge in [0.05, 0.1) is 29.9 Å². The number of ether oxygens (including phenoxy) is 2. The monoisotopic (exact) mass is 512 g/mol. The molecule has 0 bridgehead atoms. The van der Waals surface area contributed by atoms with Gasteiger partial charge in [-0.15, -0.1) is 0 Å². The van der Waals surface area contributed by atoms with Crippen LogP contribution in [0.1, 0.15) is 38.0 Å². The highest BCUT2D eigenvalue weighted by Crippen LogP contribution is 2.34. The Labute approximate surface area is 208 Å². The molecule has 2 heterocycles. The number of nitrogens with zero attached hydrogens (tertiary/aromatic N) is 3. The standard InChI is InChI=1S/C24H24N4O5S2/c1-4-32-20-14-16(11-12-19(20)33-15(3)17-9-7-6-8-10-17)13-18-21(25)28-23(26-22(18)29)34-27-24(28)35(30,31)5-2/h6-15,25H,4-5H2,1-3H3/b18-13-,25-21?/t15-/m0/s1. The number of rotatable bonds is 7. The van der Waals surface area contributed by atoms with Crippen LogP contribution in [0.15, 0.2) is 63.5 Å². The van der Waals surface area contributed by atoms with Crippen molar-refractivity contribution in [1.82, 2.24) is 4.90 Å². The lowest BCUT2D eigenvalue weighted by molar-refractivity contribution is -0.114. The van der Waals surface area contributed by atoms with Crippen LogP contribution in [0.2, 0.25) is 0 Å². The van der Waals surface area contributed by atoms with Gasteiger partial charge >= 0.3 is 0 Å². The smallest absolute Gasteiger partial charge is 0.283 e. The molecule has 2 aromatic rings. The summed E-state index contributed by atoms with van der Waals surface area (Å²) in [6.07, 6.45) is 1.27. The van der Waals surface area contributed by atoms with E-state index in [1.54, 1.807) is 18.2 Å². The number of nitrogens with one attached hydrogen (secondary N) is 1. The molecular formula is C24H24N4O5S2. The molecule has 182 valence electrons. The van der Waals surface area contributed by atoms with E-state index in [9.17, 15) is 13.2 Å². The first-order valence-corrected chi connectivity index (χ1v) is 13.4. The predicted octanol–water partition coefficient (Wildman–Crippen LogP) is 4.24. The van der Waals surface area contributed by atoms with E-state index >= 15 is 0 Å². The Bertz CT molecular complexity index is 1370. The van der Waals surface area contributed by atoms with Crippen molar-refractivity contribution < 1.29 is 22.7 Å². The fourth-order valence-corrected chi connectivity index (χ4v) is 5.42. The van der Waals surface area contributed by atoms with E-state index in [-0.39, 0.29) is 33.6 Å². The summed E-state index contributed by atoms with van der Waals surface area (Å²) in [5.74, 6) is -0.102. The first kappa shape index (κ1) is 24.7. The maximum absolute atomic E-state index is 12.7. The zero-order chi connectivity index (χ0) is 25.2. The van der Waals surface area contributed by atoms with Crippen molar-refractivity contribution in [1.29, 1.82) is 5.41 Å². The number of amides is 1. The van der Waals surface area contributed by atoms with Gasteiger partial charge in [0.15, 0.2) is 11.5 Å². The predicted molar refractivity (Wildman–Crippen MR) is 138 cm³/mol. The van der Waals surface area contributed by atoms with Gasteiger partial charge in [0, 0.05) is 0 Å². The quantitative estimate of drug-likeness (QED) is 0.435. The third kappa shape index (κ3) is 5.01. The van der Waals surface area contributed by atoms with Crippen LogP contribution in [0.4, 0.5) is 0 Å². The molecule has 0 aromatic heterocycles. The number of hydrogen-bond donors (Lipinski definition) is 1. The van der Waals surface area contributed by atoms with Crippen LogP contribution in [0.5, 0.6) is 11.5 Å². The Balaban J connectivity index is 1.65. The highest BCUT2D eigenvalue weighted by Gasteiger charge is 2.42. The zero-order valence-electron chi connectivity index (χ0n) is 19.4. The Morgan fingerprint density at radius 3 is 2.57 bits per heavy atom. The van der Waals surface area contributed by atoms with Crippen LogP contribution in [-0.4, -0.2) is 47.8 Å². The fourth-order valence-electron chi connectivity index (χ4n) is 3.46. The van der Waals surface area contributed by atoms with Gasteiger partial charge in [-0.1, -0.05) is 43.3 Å². The number of hydrogen-bond acceptors (Lipinski definition) is 8. The summed E-state index contributed by atoms with van der Waals surface area (Å²) in [6, 6.07) is 15.0. The summed E-state index contributed by atoms with van der Waals surface area (Å²) in [4.78, 5) is 17.7. The summed E-state index contributed by atoms with van der Waals surface area (Å²) < 4.78 is 40.7. The lowest BCUT2D eigenvalue weighted by atomic mass is 10.1. The first-order valence-electron chi connectivity index (χ1n) is 10.9. The van der Waals surface area contributed by atoms with Crippen LogP contribution >= 0.6 is 11.9 Å². The molecule has 0 spiro atoms. The normalized spacial score (nSPS) is 17.7. The molecule has 4 rings (SSSR count). The van der Waals surface area contributed by atoms with Gasteiger partial charge in [-0.05, 0) is 43.2 Å². The minimum Gasteiger partial charge on any atom is -0.490 e. The number of aliphatic imine (C=N–C) groups is 1. The molecule has 1 amide bonds. The van der Waals surface area contributed by atoms with Gasteiger partial charge in [-0.3, -0.25) is 10.2 Å². The molecule has 1 atom stereocenters. The van der Waals surface area contributed by atoms with Crippen molar-refractivity contribution in [3.05, 3.63) is 65.2 Å². The molecule has 11 heteroatoms. The number of benzene rings is 2. The lowest BCUT2D eigenvalue weighted by Gasteiger charge is -2.24. The Morgan fingerprint density at radius 1 is 1.14 bits per heavy atom. The van der Waals surface area contributed by atoms with E-state index in [1.165, 1.54) is 13.0 Å². The maximum atomic E-state index is 12.7. The molecule has 2 aliphatic rings. The number of fused-ring (bicyclic) bond motifs is 1. The van der Waals surface area contributed by atoms with Crippen molar-refractivity contribution in [3.8, 4) is 11.5 Å². The lowest BCUT2D eigenvalue weighted by Crippen LogP contribution is -2.45. The summed E-state index contributed by atoms with van der Waals surface area (Å²) in [6.45, 7) is 5.69.